The molecule has 1 aliphatic carbocycles. The molecule has 2 aromatic carbocycles. The molecule has 2 heterocycles. The fourth-order valence-corrected chi connectivity index (χ4v) is 6.13. The largest absolute Gasteiger partial charge is 0.390 e. The number of hydrogen-bond acceptors (Lipinski definition) is 5. The first-order valence-corrected chi connectivity index (χ1v) is 13.1. The third-order valence-electron chi connectivity index (χ3n) is 7.91. The van der Waals surface area contributed by atoms with Crippen LogP contribution in [-0.2, 0) is 13.0 Å². The summed E-state index contributed by atoms with van der Waals surface area (Å²) < 4.78 is 0. The minimum absolute atomic E-state index is 0.0517. The number of nitrogens with zero attached hydrogens (tertiary/aromatic N) is 3. The molecule has 184 valence electrons. The number of fused-ring (bicyclic) bond motifs is 1. The topological polar surface area (TPSA) is 75.3 Å². The van der Waals surface area contributed by atoms with E-state index in [4.69, 9.17) is 38.9 Å². The van der Waals surface area contributed by atoms with Crippen molar-refractivity contribution in [3.05, 3.63) is 74.5 Å². The lowest BCUT2D eigenvalue weighted by molar-refractivity contribution is 0.186. The van der Waals surface area contributed by atoms with Gasteiger partial charge in [-0.3, -0.25) is 0 Å². The van der Waals surface area contributed by atoms with Crippen LogP contribution in [0.2, 0.25) is 10.0 Å². The van der Waals surface area contributed by atoms with Gasteiger partial charge in [0.1, 0.15) is 5.69 Å². The molecule has 1 saturated heterocycles. The second-order valence-corrected chi connectivity index (χ2v) is 11.1. The quantitative estimate of drug-likeness (QED) is 0.435. The van der Waals surface area contributed by atoms with Gasteiger partial charge in [0.05, 0.1) is 28.0 Å². The van der Waals surface area contributed by atoms with Gasteiger partial charge in [-0.2, -0.15) is 0 Å². The summed E-state index contributed by atoms with van der Waals surface area (Å²) in [6.07, 6.45) is 2.99. The highest BCUT2D eigenvalue weighted by Crippen LogP contribution is 2.51. The minimum Gasteiger partial charge on any atom is -0.390 e. The number of halogens is 2. The van der Waals surface area contributed by atoms with Crippen molar-refractivity contribution in [2.24, 2.45) is 11.1 Å². The molecule has 2 aliphatic rings. The van der Waals surface area contributed by atoms with Crippen LogP contribution in [0.1, 0.15) is 66.7 Å². The lowest BCUT2D eigenvalue weighted by Crippen LogP contribution is -2.45. The molecule has 3 aromatic rings. The maximum atomic E-state index is 10.2. The summed E-state index contributed by atoms with van der Waals surface area (Å²) in [6, 6.07) is 12.4. The van der Waals surface area contributed by atoms with Gasteiger partial charge in [-0.1, -0.05) is 67.4 Å². The van der Waals surface area contributed by atoms with E-state index in [1.807, 2.05) is 19.1 Å². The zero-order valence-electron chi connectivity index (χ0n) is 20.5. The first-order valence-electron chi connectivity index (χ1n) is 12.3. The van der Waals surface area contributed by atoms with Gasteiger partial charge in [0.15, 0.2) is 5.82 Å². The number of aromatic nitrogens is 2. The molecule has 3 N–H and O–H groups in total. The van der Waals surface area contributed by atoms with Crippen molar-refractivity contribution in [2.45, 2.75) is 58.6 Å². The third kappa shape index (κ3) is 4.23. The summed E-state index contributed by atoms with van der Waals surface area (Å²) in [5.74, 6) is 1.24. The molecule has 1 aromatic heterocycles. The first-order chi connectivity index (χ1) is 16.7. The van der Waals surface area contributed by atoms with Gasteiger partial charge < -0.3 is 15.7 Å². The van der Waals surface area contributed by atoms with Crippen molar-refractivity contribution >= 4 is 29.0 Å². The number of anilines is 1. The SMILES string of the molecule is Cc1nc(N2CCC3(CC2)Cc2ccc(C(C)C)cc2[C@H]3N)c(CO)nc1-c1cccc(Cl)c1Cl. The molecule has 1 spiro atoms. The van der Waals surface area contributed by atoms with Gasteiger partial charge in [-0.05, 0) is 60.3 Å². The first kappa shape index (κ1) is 24.5. The molecule has 1 atom stereocenters. The van der Waals surface area contributed by atoms with Crippen LogP contribution in [0, 0.1) is 12.3 Å². The highest BCUT2D eigenvalue weighted by atomic mass is 35.5. The predicted molar refractivity (Wildman–Crippen MR) is 143 cm³/mol. The molecular weight excluding hydrogens is 479 g/mol. The van der Waals surface area contributed by atoms with E-state index in [-0.39, 0.29) is 18.1 Å². The Bertz CT molecular complexity index is 1270. The summed E-state index contributed by atoms with van der Waals surface area (Å²) in [4.78, 5) is 11.9. The highest BCUT2D eigenvalue weighted by molar-refractivity contribution is 6.43. The standard InChI is InChI=1S/C28H32Cl2N4O/c1-16(2)18-7-8-19-14-28(26(31)21(19)13-18)9-11-34(12-10-28)27-23(15-35)33-25(17(3)32-27)20-5-4-6-22(29)24(20)30/h4-8,13,16,26,35H,9-12,14-15,31H2,1-3H3/t26-/m1/s1. The number of aliphatic hydroxyl groups excluding tert-OH is 1. The molecule has 0 amide bonds. The molecule has 0 radical (unpaired) electrons. The van der Waals surface area contributed by atoms with E-state index in [0.717, 1.165) is 49.4 Å². The van der Waals surface area contributed by atoms with E-state index < -0.39 is 0 Å². The number of benzene rings is 2. The molecule has 0 saturated carbocycles. The molecule has 35 heavy (non-hydrogen) atoms. The van der Waals surface area contributed by atoms with E-state index in [0.29, 0.717) is 27.4 Å². The number of rotatable bonds is 4. The van der Waals surface area contributed by atoms with Crippen molar-refractivity contribution in [3.8, 4) is 11.3 Å². The third-order valence-corrected chi connectivity index (χ3v) is 8.73. The normalized spacial score (nSPS) is 19.0. The van der Waals surface area contributed by atoms with E-state index in [1.165, 1.54) is 16.7 Å². The number of hydrogen-bond donors (Lipinski definition) is 2. The van der Waals surface area contributed by atoms with E-state index in [9.17, 15) is 5.11 Å². The van der Waals surface area contributed by atoms with Gasteiger partial charge in [0, 0.05) is 24.7 Å². The second kappa shape index (κ2) is 9.36. The van der Waals surface area contributed by atoms with Gasteiger partial charge in [0.25, 0.3) is 0 Å². The van der Waals surface area contributed by atoms with E-state index >= 15 is 0 Å². The Hall–Kier alpha value is -2.18. The van der Waals surface area contributed by atoms with Crippen LogP contribution >= 0.6 is 23.2 Å². The Morgan fingerprint density at radius 3 is 2.57 bits per heavy atom. The Morgan fingerprint density at radius 1 is 1.14 bits per heavy atom. The monoisotopic (exact) mass is 510 g/mol. The zero-order chi connectivity index (χ0) is 24.9. The number of aryl methyl sites for hydroxylation is 1. The van der Waals surface area contributed by atoms with Crippen molar-refractivity contribution < 1.29 is 5.11 Å². The summed E-state index contributed by atoms with van der Waals surface area (Å²) in [7, 11) is 0. The summed E-state index contributed by atoms with van der Waals surface area (Å²) >= 11 is 12.7. The van der Waals surface area contributed by atoms with Crippen molar-refractivity contribution in [1.82, 2.24) is 9.97 Å². The Balaban J connectivity index is 1.40. The van der Waals surface area contributed by atoms with Gasteiger partial charge >= 0.3 is 0 Å². The number of aliphatic hydroxyl groups is 1. The lowest BCUT2D eigenvalue weighted by Gasteiger charge is -2.43. The average molecular weight is 511 g/mol. The maximum absolute atomic E-state index is 10.2. The molecule has 5 nitrogen and oxygen atoms in total. The zero-order valence-corrected chi connectivity index (χ0v) is 22.0. The molecule has 1 fully saturated rings. The van der Waals surface area contributed by atoms with Gasteiger partial charge in [-0.25, -0.2) is 9.97 Å². The molecule has 1 aliphatic heterocycles. The van der Waals surface area contributed by atoms with Gasteiger partial charge in [0.2, 0.25) is 0 Å². The van der Waals surface area contributed by atoms with Gasteiger partial charge in [-0.15, -0.1) is 0 Å². The summed E-state index contributed by atoms with van der Waals surface area (Å²) in [5.41, 5.74) is 13.7. The Morgan fingerprint density at radius 2 is 1.89 bits per heavy atom. The number of nitrogens with two attached hydrogens (primary N) is 1. The van der Waals surface area contributed by atoms with E-state index in [2.05, 4.69) is 36.9 Å². The molecule has 7 heteroatoms. The van der Waals surface area contributed by atoms with Crippen LogP contribution in [0.15, 0.2) is 36.4 Å². The number of piperidine rings is 1. The van der Waals surface area contributed by atoms with Crippen molar-refractivity contribution in [2.75, 3.05) is 18.0 Å². The molecule has 5 rings (SSSR count). The molecule has 0 unspecified atom stereocenters. The van der Waals surface area contributed by atoms with Crippen LogP contribution in [-0.4, -0.2) is 28.2 Å². The second-order valence-electron chi connectivity index (χ2n) is 10.3. The van der Waals surface area contributed by atoms with Crippen molar-refractivity contribution in [1.29, 1.82) is 0 Å². The Kier molecular flexibility index (Phi) is 6.56. The van der Waals surface area contributed by atoms with Crippen LogP contribution in [0.25, 0.3) is 11.3 Å². The summed E-state index contributed by atoms with van der Waals surface area (Å²) in [5, 5.41) is 11.1. The minimum atomic E-state index is -0.196. The summed E-state index contributed by atoms with van der Waals surface area (Å²) in [6.45, 7) is 7.84. The maximum Gasteiger partial charge on any atom is 0.153 e. The van der Waals surface area contributed by atoms with E-state index in [1.54, 1.807) is 6.07 Å². The van der Waals surface area contributed by atoms with Crippen LogP contribution in [0.5, 0.6) is 0 Å². The Labute approximate surface area is 217 Å². The van der Waals surface area contributed by atoms with Crippen LogP contribution in [0.4, 0.5) is 5.82 Å². The van der Waals surface area contributed by atoms with Crippen LogP contribution < -0.4 is 10.6 Å². The average Bonchev–Trinajstić information content (AvgIpc) is 3.12. The smallest absolute Gasteiger partial charge is 0.153 e. The molecule has 0 bridgehead atoms. The van der Waals surface area contributed by atoms with Crippen molar-refractivity contribution in [3.63, 3.8) is 0 Å². The van der Waals surface area contributed by atoms with Crippen LogP contribution in [0.3, 0.4) is 0 Å². The fraction of sp³-hybridized carbons (Fsp3) is 0.429. The highest BCUT2D eigenvalue weighted by Gasteiger charge is 2.46. The predicted octanol–water partition coefficient (Wildman–Crippen LogP) is 6.22. The lowest BCUT2D eigenvalue weighted by atomic mass is 9.73. The molecular formula is C28H32Cl2N4O. The fourth-order valence-electron chi connectivity index (χ4n) is 5.74.